The van der Waals surface area contributed by atoms with Crippen molar-refractivity contribution in [2.75, 3.05) is 0 Å². The highest BCUT2D eigenvalue weighted by Gasteiger charge is 2.13. The second-order valence-corrected chi connectivity index (χ2v) is 3.90. The number of hydrogen-bond donors (Lipinski definition) is 1. The SMILES string of the molecule is Cc1[nH]n(C)c(=O)c1N=Nc1ccccc1[N+](=O)[O-]. The van der Waals surface area contributed by atoms with Crippen LogP contribution in [0.3, 0.4) is 0 Å². The molecule has 0 radical (unpaired) electrons. The lowest BCUT2D eigenvalue weighted by molar-refractivity contribution is -0.384. The van der Waals surface area contributed by atoms with Gasteiger partial charge in [-0.25, -0.2) is 0 Å². The number of hydrogen-bond acceptors (Lipinski definition) is 5. The van der Waals surface area contributed by atoms with Crippen LogP contribution in [-0.4, -0.2) is 14.7 Å². The lowest BCUT2D eigenvalue weighted by Gasteiger charge is -1.94. The maximum absolute atomic E-state index is 11.7. The van der Waals surface area contributed by atoms with Gasteiger partial charge in [0.25, 0.3) is 11.2 Å². The fraction of sp³-hybridized carbons (Fsp3) is 0.182. The van der Waals surface area contributed by atoms with Gasteiger partial charge in [0.1, 0.15) is 0 Å². The zero-order valence-corrected chi connectivity index (χ0v) is 10.3. The number of aromatic nitrogens is 2. The summed E-state index contributed by atoms with van der Waals surface area (Å²) in [6.45, 7) is 1.68. The van der Waals surface area contributed by atoms with Crippen molar-refractivity contribution in [3.05, 3.63) is 50.4 Å². The summed E-state index contributed by atoms with van der Waals surface area (Å²) in [6.07, 6.45) is 0. The molecule has 0 aliphatic carbocycles. The van der Waals surface area contributed by atoms with Gasteiger partial charge in [-0.2, -0.15) is 0 Å². The molecule has 1 heterocycles. The van der Waals surface area contributed by atoms with Crippen LogP contribution in [0, 0.1) is 17.0 Å². The maximum atomic E-state index is 11.7. The standard InChI is InChI=1S/C11H11N5O3/c1-7-10(11(17)15(2)14-7)13-12-8-5-3-4-6-9(8)16(18)19/h3-6,14H,1-2H3. The smallest absolute Gasteiger partial charge is 0.296 e. The summed E-state index contributed by atoms with van der Waals surface area (Å²) < 4.78 is 1.27. The zero-order valence-electron chi connectivity index (χ0n) is 10.3. The van der Waals surface area contributed by atoms with E-state index in [0.29, 0.717) is 5.69 Å². The van der Waals surface area contributed by atoms with E-state index in [1.54, 1.807) is 20.0 Å². The molecule has 8 heteroatoms. The average Bonchev–Trinajstić information content (AvgIpc) is 2.61. The van der Waals surface area contributed by atoms with Crippen molar-refractivity contribution in [3.63, 3.8) is 0 Å². The van der Waals surface area contributed by atoms with Gasteiger partial charge in [0.05, 0.1) is 10.6 Å². The first-order valence-corrected chi connectivity index (χ1v) is 5.41. The van der Waals surface area contributed by atoms with Crippen LogP contribution in [0.25, 0.3) is 0 Å². The summed E-state index contributed by atoms with van der Waals surface area (Å²) in [5, 5.41) is 21.1. The summed E-state index contributed by atoms with van der Waals surface area (Å²) in [5.41, 5.74) is 0.307. The summed E-state index contributed by atoms with van der Waals surface area (Å²) in [7, 11) is 1.55. The van der Waals surface area contributed by atoms with Crippen LogP contribution in [0.15, 0.2) is 39.3 Å². The molecule has 1 N–H and O–H groups in total. The molecule has 0 atom stereocenters. The Labute approximate surface area is 107 Å². The van der Waals surface area contributed by atoms with Crippen LogP contribution >= 0.6 is 0 Å². The van der Waals surface area contributed by atoms with E-state index in [4.69, 9.17) is 0 Å². The Kier molecular flexibility index (Phi) is 3.23. The number of rotatable bonds is 3. The second-order valence-electron chi connectivity index (χ2n) is 3.90. The number of H-pyrrole nitrogens is 1. The van der Waals surface area contributed by atoms with E-state index in [1.165, 1.54) is 22.9 Å². The van der Waals surface area contributed by atoms with E-state index in [2.05, 4.69) is 15.3 Å². The molecule has 1 aromatic heterocycles. The first-order valence-electron chi connectivity index (χ1n) is 5.41. The number of aryl methyl sites for hydroxylation is 2. The predicted octanol–water partition coefficient (Wildman–Crippen LogP) is 2.35. The van der Waals surface area contributed by atoms with Gasteiger partial charge in [0.2, 0.25) is 0 Å². The average molecular weight is 261 g/mol. The molecule has 0 saturated carbocycles. The van der Waals surface area contributed by atoms with Crippen LogP contribution in [0.1, 0.15) is 5.69 Å². The Morgan fingerprint density at radius 3 is 2.58 bits per heavy atom. The molecule has 0 unspecified atom stereocenters. The third-order valence-electron chi connectivity index (χ3n) is 2.53. The molecule has 0 aliphatic rings. The highest BCUT2D eigenvalue weighted by molar-refractivity contribution is 5.56. The van der Waals surface area contributed by atoms with E-state index in [-0.39, 0.29) is 22.6 Å². The van der Waals surface area contributed by atoms with E-state index in [9.17, 15) is 14.9 Å². The Bertz CT molecular complexity index is 713. The van der Waals surface area contributed by atoms with Crippen molar-refractivity contribution < 1.29 is 4.92 Å². The molecular weight excluding hydrogens is 250 g/mol. The molecule has 2 rings (SSSR count). The van der Waals surface area contributed by atoms with Gasteiger partial charge in [-0.05, 0) is 13.0 Å². The van der Waals surface area contributed by atoms with Gasteiger partial charge in [0, 0.05) is 13.1 Å². The Morgan fingerprint density at radius 2 is 2.00 bits per heavy atom. The van der Waals surface area contributed by atoms with Gasteiger partial charge in [-0.15, -0.1) is 10.2 Å². The lowest BCUT2D eigenvalue weighted by Crippen LogP contribution is -2.10. The second kappa shape index (κ2) is 4.84. The van der Waals surface area contributed by atoms with Crippen molar-refractivity contribution >= 4 is 17.1 Å². The van der Waals surface area contributed by atoms with Crippen molar-refractivity contribution in [1.29, 1.82) is 0 Å². The largest absolute Gasteiger partial charge is 0.298 e. The van der Waals surface area contributed by atoms with E-state index in [0.717, 1.165) is 0 Å². The number of nitrogens with zero attached hydrogens (tertiary/aromatic N) is 4. The molecule has 2 aromatic rings. The monoisotopic (exact) mass is 261 g/mol. The number of nitro benzene ring substituents is 1. The van der Waals surface area contributed by atoms with Gasteiger partial charge in [-0.3, -0.25) is 24.7 Å². The first-order chi connectivity index (χ1) is 9.00. The Morgan fingerprint density at radius 1 is 1.32 bits per heavy atom. The van der Waals surface area contributed by atoms with Crippen LogP contribution in [0.4, 0.5) is 17.1 Å². The predicted molar refractivity (Wildman–Crippen MR) is 68.0 cm³/mol. The van der Waals surface area contributed by atoms with E-state index in [1.807, 2.05) is 0 Å². The van der Waals surface area contributed by atoms with E-state index >= 15 is 0 Å². The number of nitrogens with one attached hydrogen (secondary N) is 1. The van der Waals surface area contributed by atoms with Crippen LogP contribution in [0.5, 0.6) is 0 Å². The highest BCUT2D eigenvalue weighted by Crippen LogP contribution is 2.27. The number of para-hydroxylation sites is 1. The van der Waals surface area contributed by atoms with Crippen molar-refractivity contribution in [3.8, 4) is 0 Å². The van der Waals surface area contributed by atoms with Crippen molar-refractivity contribution in [1.82, 2.24) is 9.78 Å². The molecule has 0 amide bonds. The minimum atomic E-state index is -0.545. The summed E-state index contributed by atoms with van der Waals surface area (Å²) in [6, 6.07) is 5.95. The third kappa shape index (κ3) is 2.41. The van der Waals surface area contributed by atoms with Gasteiger partial charge < -0.3 is 0 Å². The van der Waals surface area contributed by atoms with Gasteiger partial charge >= 0.3 is 0 Å². The zero-order chi connectivity index (χ0) is 14.0. The summed E-state index contributed by atoms with van der Waals surface area (Å²) >= 11 is 0. The van der Waals surface area contributed by atoms with E-state index < -0.39 is 4.92 Å². The van der Waals surface area contributed by atoms with Crippen LogP contribution < -0.4 is 5.56 Å². The number of aromatic amines is 1. The molecule has 1 aromatic carbocycles. The lowest BCUT2D eigenvalue weighted by atomic mass is 10.3. The Balaban J connectivity index is 2.44. The Hall–Kier alpha value is -2.77. The minimum Gasteiger partial charge on any atom is -0.298 e. The normalized spacial score (nSPS) is 11.1. The number of azo groups is 1. The van der Waals surface area contributed by atoms with Crippen molar-refractivity contribution in [2.45, 2.75) is 6.92 Å². The molecule has 0 aliphatic heterocycles. The molecule has 0 saturated heterocycles. The summed E-state index contributed by atoms with van der Waals surface area (Å²) in [4.78, 5) is 21.9. The molecule has 0 fully saturated rings. The van der Waals surface area contributed by atoms with Gasteiger partial charge in [-0.1, -0.05) is 12.1 Å². The molecule has 19 heavy (non-hydrogen) atoms. The minimum absolute atomic E-state index is 0.107. The molecule has 0 bridgehead atoms. The topological polar surface area (TPSA) is 106 Å². The summed E-state index contributed by atoms with van der Waals surface area (Å²) in [5.74, 6) is 0. The molecular formula is C11H11N5O3. The quantitative estimate of drug-likeness (QED) is 0.520. The van der Waals surface area contributed by atoms with Crippen molar-refractivity contribution in [2.24, 2.45) is 17.3 Å². The fourth-order valence-corrected chi connectivity index (χ4v) is 1.60. The van der Waals surface area contributed by atoms with Gasteiger partial charge in [0.15, 0.2) is 11.4 Å². The highest BCUT2D eigenvalue weighted by atomic mass is 16.6. The maximum Gasteiger partial charge on any atom is 0.296 e. The van der Waals surface area contributed by atoms with Crippen LogP contribution in [0.2, 0.25) is 0 Å². The molecule has 98 valence electrons. The third-order valence-corrected chi connectivity index (χ3v) is 2.53. The molecule has 0 spiro atoms. The fourth-order valence-electron chi connectivity index (χ4n) is 1.60. The van der Waals surface area contributed by atoms with Crippen LogP contribution in [-0.2, 0) is 7.05 Å². The first kappa shape index (κ1) is 12.7. The number of benzene rings is 1. The molecule has 8 nitrogen and oxygen atoms in total. The number of nitro groups is 1.